The second kappa shape index (κ2) is 7.90. The van der Waals surface area contributed by atoms with Crippen LogP contribution < -0.4 is 15.5 Å². The summed E-state index contributed by atoms with van der Waals surface area (Å²) in [5, 5.41) is 9.92. The number of H-pyrrole nitrogens is 1. The van der Waals surface area contributed by atoms with E-state index < -0.39 is 16.1 Å². The highest BCUT2D eigenvalue weighted by atomic mass is 35.5. The summed E-state index contributed by atoms with van der Waals surface area (Å²) in [5.41, 5.74) is 1.54. The molecule has 11 heteroatoms. The maximum Gasteiger partial charge on any atom is 0.333 e. The summed E-state index contributed by atoms with van der Waals surface area (Å²) in [5.74, 6) is 0. The summed E-state index contributed by atoms with van der Waals surface area (Å²) in [4.78, 5) is 24.7. The van der Waals surface area contributed by atoms with Gasteiger partial charge in [0.05, 0.1) is 9.85 Å². The van der Waals surface area contributed by atoms with Gasteiger partial charge in [-0.15, -0.1) is 11.3 Å². The van der Waals surface area contributed by atoms with E-state index in [0.717, 1.165) is 11.3 Å². The van der Waals surface area contributed by atoms with Gasteiger partial charge in [-0.05, 0) is 36.4 Å². The minimum atomic E-state index is -4.02. The number of nitrogens with one attached hydrogen (secondary N) is 3. The molecule has 0 atom stereocenters. The molecule has 4 rings (SSSR count). The fraction of sp³-hybridized carbons (Fsp3) is 0. The minimum Gasteiger partial charge on any atom is -0.307 e. The molecule has 0 fully saturated rings. The first-order chi connectivity index (χ1) is 14.3. The summed E-state index contributed by atoms with van der Waals surface area (Å²) < 4.78 is 26.5. The molecule has 2 aromatic carbocycles. The summed E-state index contributed by atoms with van der Waals surface area (Å²) in [6.07, 6.45) is 0. The van der Waals surface area contributed by atoms with Gasteiger partial charge in [-0.25, -0.2) is 17.9 Å². The van der Waals surface area contributed by atoms with Gasteiger partial charge in [0.2, 0.25) is 5.43 Å². The molecule has 0 bridgehead atoms. The standard InChI is InChI=1S/C19H13ClN4O4S2/c20-15-9-10-16(29-15)30(27,28)24-19(26)21-12-7-5-11(6-8-12)17-18(25)13-3-1-2-4-14(13)22-23-17/h1-10H,(H,22,25)(H2,21,24,26). The number of urea groups is 1. The van der Waals surface area contributed by atoms with Crippen LogP contribution in [-0.4, -0.2) is 24.6 Å². The first kappa shape index (κ1) is 20.1. The number of aromatic nitrogens is 2. The topological polar surface area (TPSA) is 121 Å². The number of amides is 2. The number of nitrogens with zero attached hydrogens (tertiary/aromatic N) is 1. The quantitative estimate of drug-likeness (QED) is 0.427. The van der Waals surface area contributed by atoms with Crippen molar-refractivity contribution >= 4 is 55.6 Å². The highest BCUT2D eigenvalue weighted by Crippen LogP contribution is 2.25. The molecule has 8 nitrogen and oxygen atoms in total. The van der Waals surface area contributed by atoms with Crippen molar-refractivity contribution < 1.29 is 13.2 Å². The first-order valence-electron chi connectivity index (χ1n) is 8.50. The number of sulfonamides is 1. The highest BCUT2D eigenvalue weighted by Gasteiger charge is 2.20. The van der Waals surface area contributed by atoms with Crippen LogP contribution >= 0.6 is 22.9 Å². The van der Waals surface area contributed by atoms with Crippen molar-refractivity contribution in [2.45, 2.75) is 4.21 Å². The van der Waals surface area contributed by atoms with E-state index in [1.807, 2.05) is 4.72 Å². The van der Waals surface area contributed by atoms with Gasteiger partial charge in [0, 0.05) is 16.6 Å². The fourth-order valence-electron chi connectivity index (χ4n) is 2.75. The SMILES string of the molecule is O=C(Nc1ccc(-c2n[nH]c3ccccc3c2=O)cc1)NS(=O)(=O)c1ccc(Cl)s1. The Morgan fingerprint density at radius 3 is 2.47 bits per heavy atom. The lowest BCUT2D eigenvalue weighted by atomic mass is 10.1. The number of benzene rings is 2. The molecule has 4 aromatic rings. The lowest BCUT2D eigenvalue weighted by Crippen LogP contribution is -2.33. The number of anilines is 1. The van der Waals surface area contributed by atoms with Crippen molar-refractivity contribution in [2.24, 2.45) is 0 Å². The van der Waals surface area contributed by atoms with Gasteiger partial charge in [-0.3, -0.25) is 9.89 Å². The normalized spacial score (nSPS) is 11.4. The summed E-state index contributed by atoms with van der Waals surface area (Å²) in [6.45, 7) is 0. The molecule has 0 aliphatic heterocycles. The van der Waals surface area contributed by atoms with Crippen LogP contribution in [0.15, 0.2) is 69.7 Å². The third-order valence-corrected chi connectivity index (χ3v) is 7.19. The maximum atomic E-state index is 12.6. The van der Waals surface area contributed by atoms with E-state index in [2.05, 4.69) is 15.5 Å². The summed E-state index contributed by atoms with van der Waals surface area (Å²) in [6, 6.07) is 15.2. The van der Waals surface area contributed by atoms with Crippen LogP contribution in [0.3, 0.4) is 0 Å². The fourth-order valence-corrected chi connectivity index (χ4v) is 5.14. The molecule has 0 saturated heterocycles. The Labute approximate surface area is 179 Å². The molecule has 0 saturated carbocycles. The van der Waals surface area contributed by atoms with E-state index in [4.69, 9.17) is 11.6 Å². The predicted molar refractivity (Wildman–Crippen MR) is 116 cm³/mol. The van der Waals surface area contributed by atoms with Crippen LogP contribution in [0.1, 0.15) is 0 Å². The van der Waals surface area contributed by atoms with Crippen molar-refractivity contribution in [3.8, 4) is 11.3 Å². The van der Waals surface area contributed by atoms with Crippen LogP contribution in [0.4, 0.5) is 10.5 Å². The molecule has 3 N–H and O–H groups in total. The number of thiophene rings is 1. The Morgan fingerprint density at radius 1 is 1.03 bits per heavy atom. The third kappa shape index (κ3) is 4.06. The number of fused-ring (bicyclic) bond motifs is 1. The number of hydrogen-bond acceptors (Lipinski definition) is 6. The Morgan fingerprint density at radius 2 is 1.77 bits per heavy atom. The largest absolute Gasteiger partial charge is 0.333 e. The molecule has 152 valence electrons. The zero-order valence-electron chi connectivity index (χ0n) is 15.0. The zero-order chi connectivity index (χ0) is 21.3. The van der Waals surface area contributed by atoms with E-state index in [1.165, 1.54) is 12.1 Å². The summed E-state index contributed by atoms with van der Waals surface area (Å²) >= 11 is 6.58. The van der Waals surface area contributed by atoms with Gasteiger partial charge < -0.3 is 5.32 Å². The molecule has 0 aliphatic rings. The van der Waals surface area contributed by atoms with Crippen LogP contribution in [0, 0.1) is 0 Å². The monoisotopic (exact) mass is 460 g/mol. The average Bonchev–Trinajstić information content (AvgIpc) is 3.16. The molecule has 0 spiro atoms. The van der Waals surface area contributed by atoms with E-state index in [9.17, 15) is 18.0 Å². The molecule has 0 radical (unpaired) electrons. The second-order valence-corrected chi connectivity index (χ2v) is 9.77. The Balaban J connectivity index is 1.51. The Hall–Kier alpha value is -3.21. The average molecular weight is 461 g/mol. The van der Waals surface area contributed by atoms with Crippen molar-refractivity contribution in [1.29, 1.82) is 0 Å². The third-order valence-electron chi connectivity index (χ3n) is 4.13. The number of carbonyl (C=O) groups is 1. The van der Waals surface area contributed by atoms with E-state index >= 15 is 0 Å². The number of rotatable bonds is 4. The van der Waals surface area contributed by atoms with Gasteiger partial charge >= 0.3 is 6.03 Å². The van der Waals surface area contributed by atoms with Crippen molar-refractivity contribution in [3.63, 3.8) is 0 Å². The highest BCUT2D eigenvalue weighted by molar-refractivity contribution is 7.92. The molecule has 30 heavy (non-hydrogen) atoms. The lowest BCUT2D eigenvalue weighted by molar-refractivity contribution is 0.256. The number of halogens is 1. The van der Waals surface area contributed by atoms with Gasteiger partial charge in [-0.2, -0.15) is 5.10 Å². The van der Waals surface area contributed by atoms with E-state index in [1.54, 1.807) is 48.5 Å². The van der Waals surface area contributed by atoms with Gasteiger partial charge in [-0.1, -0.05) is 35.9 Å². The molecular formula is C19H13ClN4O4S2. The van der Waals surface area contributed by atoms with Gasteiger partial charge in [0.1, 0.15) is 9.90 Å². The molecule has 0 unspecified atom stereocenters. The second-order valence-electron chi connectivity index (χ2n) is 6.14. The maximum absolute atomic E-state index is 12.6. The van der Waals surface area contributed by atoms with Crippen molar-refractivity contribution in [2.75, 3.05) is 5.32 Å². The predicted octanol–water partition coefficient (Wildman–Crippen LogP) is 3.82. The first-order valence-corrected chi connectivity index (χ1v) is 11.2. The molecule has 2 heterocycles. The summed E-state index contributed by atoms with van der Waals surface area (Å²) in [7, 11) is -4.02. The zero-order valence-corrected chi connectivity index (χ0v) is 17.4. The van der Waals surface area contributed by atoms with E-state index in [-0.39, 0.29) is 15.3 Å². The molecule has 0 aliphatic carbocycles. The number of carbonyl (C=O) groups excluding carboxylic acids is 1. The van der Waals surface area contributed by atoms with Gasteiger partial charge in [0.15, 0.2) is 0 Å². The van der Waals surface area contributed by atoms with Crippen molar-refractivity contribution in [1.82, 2.24) is 14.9 Å². The molecule has 2 amide bonds. The molecule has 2 aromatic heterocycles. The van der Waals surface area contributed by atoms with E-state index in [0.29, 0.717) is 26.5 Å². The number of hydrogen-bond donors (Lipinski definition) is 3. The smallest absolute Gasteiger partial charge is 0.307 e. The molecular weight excluding hydrogens is 448 g/mol. The van der Waals surface area contributed by atoms with Crippen LogP contribution in [0.25, 0.3) is 22.2 Å². The number of aromatic amines is 1. The van der Waals surface area contributed by atoms with Crippen LogP contribution in [0.2, 0.25) is 4.34 Å². The van der Waals surface area contributed by atoms with Crippen LogP contribution in [-0.2, 0) is 10.0 Å². The number of para-hydroxylation sites is 1. The van der Waals surface area contributed by atoms with Crippen LogP contribution in [0.5, 0.6) is 0 Å². The lowest BCUT2D eigenvalue weighted by Gasteiger charge is -2.08. The minimum absolute atomic E-state index is 0.0698. The Bertz CT molecular complexity index is 1410. The van der Waals surface area contributed by atoms with Crippen molar-refractivity contribution in [3.05, 3.63) is 75.2 Å². The Kier molecular flexibility index (Phi) is 5.29. The van der Waals surface area contributed by atoms with Gasteiger partial charge in [0.25, 0.3) is 10.0 Å².